The third-order valence-corrected chi connectivity index (χ3v) is 4.07. The molecule has 0 amide bonds. The minimum Gasteiger partial charge on any atom is -0.486 e. The third-order valence-electron chi connectivity index (χ3n) is 3.25. The highest BCUT2D eigenvalue weighted by Crippen LogP contribution is 2.27. The highest BCUT2D eigenvalue weighted by atomic mass is 32.1. The van der Waals surface area contributed by atoms with Gasteiger partial charge in [-0.2, -0.15) is 5.26 Å². The smallest absolute Gasteiger partial charge is 0.140 e. The minimum absolute atomic E-state index is 0.0645. The lowest BCUT2D eigenvalue weighted by Gasteiger charge is -2.14. The van der Waals surface area contributed by atoms with Crippen molar-refractivity contribution in [3.63, 3.8) is 0 Å². The second kappa shape index (κ2) is 5.87. The maximum absolute atomic E-state index is 8.97. The van der Waals surface area contributed by atoms with Gasteiger partial charge in [0.25, 0.3) is 0 Å². The van der Waals surface area contributed by atoms with Crippen molar-refractivity contribution in [2.45, 2.75) is 46.6 Å². The van der Waals surface area contributed by atoms with E-state index in [1.165, 1.54) is 0 Å². The van der Waals surface area contributed by atoms with Crippen LogP contribution in [0.3, 0.4) is 0 Å². The van der Waals surface area contributed by atoms with Crippen LogP contribution in [0.4, 0.5) is 0 Å². The first kappa shape index (κ1) is 15.5. The molecule has 1 heterocycles. The molecule has 0 aliphatic carbocycles. The number of aromatic nitrogens is 1. The van der Waals surface area contributed by atoms with Crippen LogP contribution in [0.2, 0.25) is 0 Å². The quantitative estimate of drug-likeness (QED) is 0.838. The number of hydrogen-bond acceptors (Lipinski definition) is 4. The second-order valence-corrected chi connectivity index (χ2v) is 7.16. The van der Waals surface area contributed by atoms with E-state index in [1.807, 2.05) is 26.0 Å². The lowest BCUT2D eigenvalue weighted by molar-refractivity contribution is 0.300. The van der Waals surface area contributed by atoms with Crippen molar-refractivity contribution < 1.29 is 4.74 Å². The molecule has 0 saturated carbocycles. The van der Waals surface area contributed by atoms with Crippen LogP contribution in [0.5, 0.6) is 5.75 Å². The number of aryl methyl sites for hydroxylation is 2. The Bertz CT molecular complexity index is 667. The van der Waals surface area contributed by atoms with Gasteiger partial charge in [0.15, 0.2) is 0 Å². The lowest BCUT2D eigenvalue weighted by Crippen LogP contribution is -2.11. The molecule has 0 N–H and O–H groups in total. The van der Waals surface area contributed by atoms with Gasteiger partial charge in [0, 0.05) is 10.8 Å². The van der Waals surface area contributed by atoms with Crippen molar-refractivity contribution in [1.82, 2.24) is 4.98 Å². The summed E-state index contributed by atoms with van der Waals surface area (Å²) in [6.07, 6.45) is 0. The van der Waals surface area contributed by atoms with Gasteiger partial charge in [-0.05, 0) is 37.1 Å². The van der Waals surface area contributed by atoms with Crippen LogP contribution in [0.1, 0.15) is 48.2 Å². The molecule has 2 aromatic rings. The van der Waals surface area contributed by atoms with Gasteiger partial charge in [-0.25, -0.2) is 4.98 Å². The van der Waals surface area contributed by atoms with Gasteiger partial charge < -0.3 is 4.74 Å². The number of nitriles is 1. The van der Waals surface area contributed by atoms with Gasteiger partial charge in [0.05, 0.1) is 17.3 Å². The van der Waals surface area contributed by atoms with E-state index >= 15 is 0 Å². The SMILES string of the molecule is Cc1cc(C#N)cc(C)c1OCc1nc(C(C)(C)C)cs1. The van der Waals surface area contributed by atoms with E-state index in [0.717, 1.165) is 27.6 Å². The molecule has 0 unspecified atom stereocenters. The summed E-state index contributed by atoms with van der Waals surface area (Å²) in [6.45, 7) is 10.9. The van der Waals surface area contributed by atoms with Gasteiger partial charge in [0.2, 0.25) is 0 Å². The summed E-state index contributed by atoms with van der Waals surface area (Å²) in [7, 11) is 0. The van der Waals surface area contributed by atoms with Crippen molar-refractivity contribution in [3.05, 3.63) is 44.9 Å². The van der Waals surface area contributed by atoms with Crippen LogP contribution in [0.25, 0.3) is 0 Å². The molecule has 3 nitrogen and oxygen atoms in total. The zero-order valence-corrected chi connectivity index (χ0v) is 14.0. The predicted molar refractivity (Wildman–Crippen MR) is 85.8 cm³/mol. The number of nitrogens with zero attached hydrogens (tertiary/aromatic N) is 2. The average molecular weight is 300 g/mol. The molecule has 0 bridgehead atoms. The van der Waals surface area contributed by atoms with E-state index < -0.39 is 0 Å². The Morgan fingerprint density at radius 2 is 1.86 bits per heavy atom. The number of hydrogen-bond donors (Lipinski definition) is 0. The number of ether oxygens (including phenoxy) is 1. The molecule has 4 heteroatoms. The zero-order chi connectivity index (χ0) is 15.6. The Kier molecular flexibility index (Phi) is 4.34. The van der Waals surface area contributed by atoms with Crippen LogP contribution in [-0.4, -0.2) is 4.98 Å². The fourth-order valence-corrected chi connectivity index (χ4v) is 3.03. The summed E-state index contributed by atoms with van der Waals surface area (Å²) in [4.78, 5) is 4.63. The van der Waals surface area contributed by atoms with Gasteiger partial charge in [-0.15, -0.1) is 11.3 Å². The molecule has 1 aromatic heterocycles. The maximum Gasteiger partial charge on any atom is 0.140 e. The molecule has 0 aliphatic heterocycles. The van der Waals surface area contributed by atoms with Crippen molar-refractivity contribution in [1.29, 1.82) is 5.26 Å². The first-order valence-corrected chi connectivity index (χ1v) is 7.78. The van der Waals surface area contributed by atoms with Crippen LogP contribution in [0.15, 0.2) is 17.5 Å². The molecular formula is C17H20N2OS. The first-order valence-electron chi connectivity index (χ1n) is 6.90. The Labute approximate surface area is 130 Å². The van der Waals surface area contributed by atoms with Crippen molar-refractivity contribution in [2.24, 2.45) is 0 Å². The van der Waals surface area contributed by atoms with Crippen LogP contribution in [-0.2, 0) is 12.0 Å². The molecule has 110 valence electrons. The Balaban J connectivity index is 2.14. The largest absolute Gasteiger partial charge is 0.486 e. The van der Waals surface area contributed by atoms with E-state index in [9.17, 15) is 0 Å². The summed E-state index contributed by atoms with van der Waals surface area (Å²) in [6, 6.07) is 5.87. The van der Waals surface area contributed by atoms with Crippen LogP contribution < -0.4 is 4.74 Å². The summed E-state index contributed by atoms with van der Waals surface area (Å²) >= 11 is 1.63. The molecule has 0 radical (unpaired) electrons. The molecule has 0 atom stereocenters. The van der Waals surface area contributed by atoms with E-state index in [-0.39, 0.29) is 5.41 Å². The number of benzene rings is 1. The average Bonchev–Trinajstić information content (AvgIpc) is 2.86. The van der Waals surface area contributed by atoms with Gasteiger partial charge >= 0.3 is 0 Å². The fraction of sp³-hybridized carbons (Fsp3) is 0.412. The number of thiazole rings is 1. The zero-order valence-electron chi connectivity index (χ0n) is 13.2. The number of rotatable bonds is 3. The normalized spacial score (nSPS) is 11.2. The first-order chi connectivity index (χ1) is 9.81. The van der Waals surface area contributed by atoms with Gasteiger partial charge in [0.1, 0.15) is 17.4 Å². The summed E-state index contributed by atoms with van der Waals surface area (Å²) in [5.74, 6) is 0.849. The monoisotopic (exact) mass is 300 g/mol. The second-order valence-electron chi connectivity index (χ2n) is 6.22. The molecule has 2 rings (SSSR count). The standard InChI is InChI=1S/C17H20N2OS/c1-11-6-13(8-18)7-12(2)16(11)20-9-15-19-14(10-21-15)17(3,4)5/h6-7,10H,9H2,1-5H3. The molecule has 0 saturated heterocycles. The Hall–Kier alpha value is -1.86. The van der Waals surface area contributed by atoms with Crippen molar-refractivity contribution in [2.75, 3.05) is 0 Å². The predicted octanol–water partition coefficient (Wildman–Crippen LogP) is 4.51. The fourth-order valence-electron chi connectivity index (χ4n) is 2.10. The van der Waals surface area contributed by atoms with Crippen molar-refractivity contribution >= 4 is 11.3 Å². The maximum atomic E-state index is 8.97. The molecular weight excluding hydrogens is 280 g/mol. The summed E-state index contributed by atoms with van der Waals surface area (Å²) < 4.78 is 5.92. The van der Waals surface area contributed by atoms with Crippen LogP contribution >= 0.6 is 11.3 Å². The third kappa shape index (κ3) is 3.62. The van der Waals surface area contributed by atoms with E-state index in [0.29, 0.717) is 12.2 Å². The summed E-state index contributed by atoms with van der Waals surface area (Å²) in [5.41, 5.74) is 3.80. The van der Waals surface area contributed by atoms with Gasteiger partial charge in [-0.1, -0.05) is 20.8 Å². The summed E-state index contributed by atoms with van der Waals surface area (Å²) in [5, 5.41) is 12.0. The Morgan fingerprint density at radius 1 is 1.24 bits per heavy atom. The molecule has 0 aliphatic rings. The van der Waals surface area contributed by atoms with Crippen molar-refractivity contribution in [3.8, 4) is 11.8 Å². The van der Waals surface area contributed by atoms with Crippen LogP contribution in [0, 0.1) is 25.2 Å². The molecule has 1 aromatic carbocycles. The molecule has 21 heavy (non-hydrogen) atoms. The van der Waals surface area contributed by atoms with E-state index in [4.69, 9.17) is 10.00 Å². The molecule has 0 spiro atoms. The lowest BCUT2D eigenvalue weighted by atomic mass is 9.93. The highest BCUT2D eigenvalue weighted by molar-refractivity contribution is 7.09. The van der Waals surface area contributed by atoms with Gasteiger partial charge in [-0.3, -0.25) is 0 Å². The topological polar surface area (TPSA) is 45.9 Å². The van der Waals surface area contributed by atoms with E-state index in [1.54, 1.807) is 11.3 Å². The van der Waals surface area contributed by atoms with E-state index in [2.05, 4.69) is 37.2 Å². The molecule has 0 fully saturated rings. The highest BCUT2D eigenvalue weighted by Gasteiger charge is 2.17. The minimum atomic E-state index is 0.0645. The Morgan fingerprint density at radius 3 is 2.33 bits per heavy atom.